The van der Waals surface area contributed by atoms with E-state index in [0.29, 0.717) is 18.9 Å². The Morgan fingerprint density at radius 3 is 2.92 bits per heavy atom. The number of aliphatic hydroxyl groups is 1. The van der Waals surface area contributed by atoms with E-state index < -0.39 is 6.10 Å². The first kappa shape index (κ1) is 10.9. The lowest BCUT2D eigenvalue weighted by Gasteiger charge is -2.19. The Morgan fingerprint density at radius 1 is 1.77 bits per heavy atom. The van der Waals surface area contributed by atoms with Crippen molar-refractivity contribution in [1.29, 1.82) is 0 Å². The van der Waals surface area contributed by atoms with Gasteiger partial charge in [-0.3, -0.25) is 4.79 Å². The Morgan fingerprint density at radius 2 is 2.46 bits per heavy atom. The van der Waals surface area contributed by atoms with Gasteiger partial charge in [-0.05, 0) is 5.92 Å². The number of aliphatic hydroxyl groups excluding tert-OH is 1. The van der Waals surface area contributed by atoms with Gasteiger partial charge in [0.15, 0.2) is 0 Å². The summed E-state index contributed by atoms with van der Waals surface area (Å²) in [6.07, 6.45) is 0.000693. The van der Waals surface area contributed by atoms with Gasteiger partial charge in [0, 0.05) is 31.4 Å². The average molecular weight is 251 g/mol. The molecular formula is C8H15BrN2O2. The Hall–Kier alpha value is -0.130. The summed E-state index contributed by atoms with van der Waals surface area (Å²) in [7, 11) is 0. The van der Waals surface area contributed by atoms with Crippen LogP contribution in [0.4, 0.5) is 0 Å². The zero-order chi connectivity index (χ0) is 9.84. The fourth-order valence-electron chi connectivity index (χ4n) is 1.46. The summed E-state index contributed by atoms with van der Waals surface area (Å²) >= 11 is 3.35. The molecule has 0 radical (unpaired) electrons. The molecule has 2 atom stereocenters. The lowest BCUT2D eigenvalue weighted by atomic mass is 10.2. The second-order valence-corrected chi connectivity index (χ2v) is 4.06. The van der Waals surface area contributed by atoms with E-state index in [1.165, 1.54) is 0 Å². The average Bonchev–Trinajstić information content (AvgIpc) is 2.47. The molecule has 1 amide bonds. The minimum Gasteiger partial charge on any atom is -0.390 e. The molecule has 1 saturated heterocycles. The third kappa shape index (κ3) is 2.93. The maximum absolute atomic E-state index is 11.3. The van der Waals surface area contributed by atoms with Crippen LogP contribution in [0.5, 0.6) is 0 Å². The number of carbonyl (C=O) groups is 1. The molecule has 0 saturated carbocycles. The number of alkyl halides is 1. The van der Waals surface area contributed by atoms with Crippen molar-refractivity contribution < 1.29 is 9.90 Å². The highest BCUT2D eigenvalue weighted by Gasteiger charge is 2.29. The Labute approximate surface area is 86.2 Å². The van der Waals surface area contributed by atoms with Crippen molar-refractivity contribution in [1.82, 2.24) is 4.90 Å². The molecule has 1 aliphatic rings. The molecule has 1 heterocycles. The molecule has 0 spiro atoms. The Kier molecular flexibility index (Phi) is 4.15. The Balaban J connectivity index is 2.39. The molecule has 3 N–H and O–H groups in total. The van der Waals surface area contributed by atoms with Crippen molar-refractivity contribution in [3.05, 3.63) is 0 Å². The predicted molar refractivity (Wildman–Crippen MR) is 53.5 cm³/mol. The van der Waals surface area contributed by atoms with Crippen molar-refractivity contribution in [3.8, 4) is 0 Å². The number of amides is 1. The highest BCUT2D eigenvalue weighted by Crippen LogP contribution is 2.19. The zero-order valence-electron chi connectivity index (χ0n) is 7.45. The molecule has 76 valence electrons. The van der Waals surface area contributed by atoms with E-state index in [-0.39, 0.29) is 12.5 Å². The van der Waals surface area contributed by atoms with Gasteiger partial charge < -0.3 is 15.7 Å². The van der Waals surface area contributed by atoms with Crippen molar-refractivity contribution in [2.75, 3.05) is 25.0 Å². The number of hydrogen-bond donors (Lipinski definition) is 2. The number of nitrogens with two attached hydrogens (primary N) is 1. The fourth-order valence-corrected chi connectivity index (χ4v) is 1.90. The Bertz CT molecular complexity index is 189. The number of carbonyl (C=O) groups excluding carboxylic acids is 1. The van der Waals surface area contributed by atoms with Gasteiger partial charge >= 0.3 is 0 Å². The van der Waals surface area contributed by atoms with E-state index in [1.807, 2.05) is 0 Å². The van der Waals surface area contributed by atoms with Crippen LogP contribution in [-0.4, -0.2) is 47.0 Å². The molecule has 0 aromatic carbocycles. The van der Waals surface area contributed by atoms with E-state index in [1.54, 1.807) is 4.90 Å². The van der Waals surface area contributed by atoms with Crippen LogP contribution in [0.1, 0.15) is 6.42 Å². The lowest BCUT2D eigenvalue weighted by Crippen LogP contribution is -2.37. The summed E-state index contributed by atoms with van der Waals surface area (Å²) in [5, 5.41) is 10.1. The second-order valence-electron chi connectivity index (χ2n) is 3.41. The summed E-state index contributed by atoms with van der Waals surface area (Å²) in [4.78, 5) is 13.0. The number of rotatable bonds is 4. The van der Waals surface area contributed by atoms with Crippen LogP contribution < -0.4 is 5.73 Å². The normalized spacial score (nSPS) is 25.3. The molecule has 1 rings (SSSR count). The van der Waals surface area contributed by atoms with Crippen LogP contribution in [0.15, 0.2) is 0 Å². The smallest absolute Gasteiger partial charge is 0.223 e. The monoisotopic (exact) mass is 250 g/mol. The molecule has 5 heteroatoms. The van der Waals surface area contributed by atoms with Crippen LogP contribution in [0.25, 0.3) is 0 Å². The lowest BCUT2D eigenvalue weighted by molar-refractivity contribution is -0.128. The molecular weight excluding hydrogens is 236 g/mol. The molecule has 13 heavy (non-hydrogen) atoms. The standard InChI is InChI=1S/C8H15BrN2O2/c9-2-6-1-8(13)11(4-6)5-7(12)3-10/h6-7,12H,1-5,10H2. The number of likely N-dealkylation sites (tertiary alicyclic amines) is 1. The first-order valence-corrected chi connectivity index (χ1v) is 5.51. The number of hydrogen-bond acceptors (Lipinski definition) is 3. The second kappa shape index (κ2) is 4.93. The molecule has 0 aromatic heterocycles. The van der Waals surface area contributed by atoms with Crippen LogP contribution in [-0.2, 0) is 4.79 Å². The summed E-state index contributed by atoms with van der Waals surface area (Å²) in [5.74, 6) is 0.509. The van der Waals surface area contributed by atoms with Crippen molar-refractivity contribution in [2.45, 2.75) is 12.5 Å². The van der Waals surface area contributed by atoms with Gasteiger partial charge in [0.2, 0.25) is 5.91 Å². The van der Waals surface area contributed by atoms with Crippen LogP contribution in [0, 0.1) is 5.92 Å². The molecule has 1 aliphatic heterocycles. The molecule has 0 aromatic rings. The zero-order valence-corrected chi connectivity index (χ0v) is 9.03. The molecule has 4 nitrogen and oxygen atoms in total. The van der Waals surface area contributed by atoms with E-state index in [9.17, 15) is 9.90 Å². The van der Waals surface area contributed by atoms with Crippen molar-refractivity contribution in [3.63, 3.8) is 0 Å². The van der Waals surface area contributed by atoms with E-state index in [4.69, 9.17) is 5.73 Å². The van der Waals surface area contributed by atoms with Crippen LogP contribution >= 0.6 is 15.9 Å². The van der Waals surface area contributed by atoms with Crippen LogP contribution in [0.3, 0.4) is 0 Å². The van der Waals surface area contributed by atoms with E-state index in [2.05, 4.69) is 15.9 Å². The molecule has 2 unspecified atom stereocenters. The fraction of sp³-hybridized carbons (Fsp3) is 0.875. The summed E-state index contributed by atoms with van der Waals surface area (Å²) in [5.41, 5.74) is 5.27. The number of β-amino-alcohol motifs (C(OH)–C–C–N with tert-alkyl or cyclic N) is 1. The van der Waals surface area contributed by atoms with Crippen LogP contribution in [0.2, 0.25) is 0 Å². The van der Waals surface area contributed by atoms with Gasteiger partial charge in [-0.1, -0.05) is 15.9 Å². The molecule has 0 aliphatic carbocycles. The number of nitrogens with zero attached hydrogens (tertiary/aromatic N) is 1. The highest BCUT2D eigenvalue weighted by atomic mass is 79.9. The predicted octanol–water partition coefficient (Wildman–Crippen LogP) is -0.451. The number of halogens is 1. The van der Waals surface area contributed by atoms with Gasteiger partial charge in [-0.25, -0.2) is 0 Å². The first-order valence-electron chi connectivity index (χ1n) is 4.39. The highest BCUT2D eigenvalue weighted by molar-refractivity contribution is 9.09. The largest absolute Gasteiger partial charge is 0.390 e. The summed E-state index contributed by atoms with van der Waals surface area (Å²) in [6.45, 7) is 1.32. The van der Waals surface area contributed by atoms with E-state index >= 15 is 0 Å². The topological polar surface area (TPSA) is 66.6 Å². The summed E-state index contributed by atoms with van der Waals surface area (Å²) in [6, 6.07) is 0. The molecule has 0 bridgehead atoms. The van der Waals surface area contributed by atoms with Crippen molar-refractivity contribution in [2.24, 2.45) is 11.7 Å². The van der Waals surface area contributed by atoms with Gasteiger partial charge in [-0.2, -0.15) is 0 Å². The third-order valence-corrected chi connectivity index (χ3v) is 3.13. The maximum atomic E-state index is 11.3. The summed E-state index contributed by atoms with van der Waals surface area (Å²) < 4.78 is 0. The van der Waals surface area contributed by atoms with Gasteiger partial charge in [0.25, 0.3) is 0 Å². The third-order valence-electron chi connectivity index (χ3n) is 2.22. The maximum Gasteiger partial charge on any atom is 0.223 e. The minimum atomic E-state index is -0.585. The minimum absolute atomic E-state index is 0.122. The first-order chi connectivity index (χ1) is 6.17. The van der Waals surface area contributed by atoms with Gasteiger partial charge in [0.1, 0.15) is 0 Å². The van der Waals surface area contributed by atoms with E-state index in [0.717, 1.165) is 11.9 Å². The van der Waals surface area contributed by atoms with Gasteiger partial charge in [0.05, 0.1) is 6.10 Å². The van der Waals surface area contributed by atoms with Crippen molar-refractivity contribution >= 4 is 21.8 Å². The van der Waals surface area contributed by atoms with Gasteiger partial charge in [-0.15, -0.1) is 0 Å². The SMILES string of the molecule is NCC(O)CN1CC(CBr)CC1=O. The molecule has 1 fully saturated rings. The quantitative estimate of drug-likeness (QED) is 0.665.